The number of fused-ring (bicyclic) bond motifs is 2. The summed E-state index contributed by atoms with van der Waals surface area (Å²) in [4.78, 5) is 24.6. The summed E-state index contributed by atoms with van der Waals surface area (Å²) >= 11 is 0. The van der Waals surface area contributed by atoms with Crippen molar-refractivity contribution in [2.75, 3.05) is 36.4 Å². The van der Waals surface area contributed by atoms with Gasteiger partial charge in [0.05, 0.1) is 5.69 Å². The Labute approximate surface area is 233 Å². The fraction of sp³-hybridized carbons (Fsp3) is 0.222. The van der Waals surface area contributed by atoms with Gasteiger partial charge in [-0.1, -0.05) is 0 Å². The van der Waals surface area contributed by atoms with Gasteiger partial charge in [-0.15, -0.1) is 0 Å². The monoisotopic (exact) mass is 557 g/mol. The fourth-order valence-corrected chi connectivity index (χ4v) is 4.86. The third-order valence-electron chi connectivity index (χ3n) is 6.89. The van der Waals surface area contributed by atoms with Gasteiger partial charge >= 0.3 is 5.95 Å². The van der Waals surface area contributed by atoms with E-state index in [1.54, 1.807) is 15.2 Å². The molecule has 4 aromatic heterocycles. The Morgan fingerprint density at radius 3 is 2.56 bits per heavy atom. The van der Waals surface area contributed by atoms with Crippen LogP contribution in [0, 0.1) is 6.92 Å². The maximum atomic E-state index is 12.4. The Hall–Kier alpha value is -5.53. The van der Waals surface area contributed by atoms with Crippen molar-refractivity contribution in [3.63, 3.8) is 0 Å². The van der Waals surface area contributed by atoms with Gasteiger partial charge in [-0.25, -0.2) is 19.0 Å². The highest BCUT2D eigenvalue weighted by Crippen LogP contribution is 2.32. The lowest BCUT2D eigenvalue weighted by Crippen LogP contribution is -2.36. The Balaban J connectivity index is 1.21. The molecule has 5 heterocycles. The first-order valence-electron chi connectivity index (χ1n) is 12.9. The van der Waals surface area contributed by atoms with Crippen molar-refractivity contribution in [3.8, 4) is 11.5 Å². The van der Waals surface area contributed by atoms with Gasteiger partial charge in [-0.05, 0) is 49.2 Å². The molecule has 5 aromatic rings. The number of pyridine rings is 1. The van der Waals surface area contributed by atoms with Gasteiger partial charge in [0.1, 0.15) is 29.7 Å². The van der Waals surface area contributed by atoms with E-state index in [0.717, 1.165) is 22.5 Å². The van der Waals surface area contributed by atoms with E-state index in [9.17, 15) is 9.90 Å². The molecule has 0 unspecified atom stereocenters. The second-order valence-electron chi connectivity index (χ2n) is 9.54. The quantitative estimate of drug-likeness (QED) is 0.178. The molecule has 1 aliphatic heterocycles. The Morgan fingerprint density at radius 2 is 1.73 bits per heavy atom. The molecule has 1 fully saturated rings. The summed E-state index contributed by atoms with van der Waals surface area (Å²) in [5.41, 5.74) is 4.07. The fourth-order valence-electron chi connectivity index (χ4n) is 4.86. The molecule has 0 spiro atoms. The summed E-state index contributed by atoms with van der Waals surface area (Å²) in [6.07, 6.45) is 7.22. The molecule has 0 radical (unpaired) electrons. The number of hydrogen-bond acceptors (Lipinski definition) is 11. The van der Waals surface area contributed by atoms with Gasteiger partial charge in [-0.3, -0.25) is 4.79 Å². The SMILES string of the molecule is Cc1cc(Nc2ncnn3ccc(N4CCCN(C(=O)C(O)=C(O)O)CC4)c23)ccc1Oc1ccn2ncnc2c1. The van der Waals surface area contributed by atoms with E-state index in [1.807, 2.05) is 49.5 Å². The van der Waals surface area contributed by atoms with Crippen molar-refractivity contribution in [1.82, 2.24) is 34.1 Å². The highest BCUT2D eigenvalue weighted by Gasteiger charge is 2.26. The topological polar surface area (TPSA) is 166 Å². The highest BCUT2D eigenvalue weighted by molar-refractivity contribution is 5.91. The van der Waals surface area contributed by atoms with Crippen molar-refractivity contribution in [2.24, 2.45) is 0 Å². The summed E-state index contributed by atoms with van der Waals surface area (Å²) in [6.45, 7) is 3.71. The van der Waals surface area contributed by atoms with Crippen molar-refractivity contribution in [2.45, 2.75) is 13.3 Å². The molecule has 14 nitrogen and oxygen atoms in total. The van der Waals surface area contributed by atoms with E-state index in [0.29, 0.717) is 49.0 Å². The minimum Gasteiger partial charge on any atom is -0.498 e. The molecule has 0 atom stereocenters. The zero-order valence-corrected chi connectivity index (χ0v) is 22.0. The molecule has 0 bridgehead atoms. The molecule has 210 valence electrons. The van der Waals surface area contributed by atoms with Crippen LogP contribution in [0.15, 0.2) is 73.2 Å². The molecule has 1 aliphatic rings. The number of aryl methyl sites for hydroxylation is 1. The van der Waals surface area contributed by atoms with Gasteiger partial charge in [0.25, 0.3) is 11.7 Å². The molecule has 4 N–H and O–H groups in total. The van der Waals surface area contributed by atoms with Crippen LogP contribution in [0.25, 0.3) is 11.2 Å². The minimum absolute atomic E-state index is 0.286. The van der Waals surface area contributed by atoms with Crippen LogP contribution in [0.5, 0.6) is 11.5 Å². The zero-order chi connectivity index (χ0) is 28.5. The predicted octanol–water partition coefficient (Wildman–Crippen LogP) is 3.50. The van der Waals surface area contributed by atoms with Crippen LogP contribution in [0.3, 0.4) is 0 Å². The van der Waals surface area contributed by atoms with Crippen molar-refractivity contribution >= 4 is 34.3 Å². The number of hydrogen-bond donors (Lipinski definition) is 4. The van der Waals surface area contributed by atoms with Crippen LogP contribution < -0.4 is 15.0 Å². The first-order chi connectivity index (χ1) is 19.9. The van der Waals surface area contributed by atoms with Crippen LogP contribution in [-0.2, 0) is 4.79 Å². The Morgan fingerprint density at radius 1 is 0.927 bits per heavy atom. The summed E-state index contributed by atoms with van der Waals surface area (Å²) < 4.78 is 9.50. The zero-order valence-electron chi connectivity index (χ0n) is 22.0. The number of carbonyl (C=O) groups is 1. The molecular weight excluding hydrogens is 530 g/mol. The highest BCUT2D eigenvalue weighted by atomic mass is 16.5. The normalized spacial score (nSPS) is 13.8. The largest absolute Gasteiger partial charge is 0.498 e. The summed E-state index contributed by atoms with van der Waals surface area (Å²) in [5.74, 6) is -1.30. The van der Waals surface area contributed by atoms with E-state index >= 15 is 0 Å². The first kappa shape index (κ1) is 25.7. The Bertz CT molecular complexity index is 1780. The number of amides is 1. The van der Waals surface area contributed by atoms with Crippen LogP contribution >= 0.6 is 0 Å². The molecule has 6 rings (SSSR count). The van der Waals surface area contributed by atoms with E-state index < -0.39 is 17.6 Å². The lowest BCUT2D eigenvalue weighted by Gasteiger charge is -2.23. The minimum atomic E-state index is -1.38. The van der Waals surface area contributed by atoms with Gasteiger partial charge < -0.3 is 35.2 Å². The third kappa shape index (κ3) is 5.09. The molecular formula is C27H27N9O5. The van der Waals surface area contributed by atoms with Crippen LogP contribution in [0.1, 0.15) is 12.0 Å². The van der Waals surface area contributed by atoms with Gasteiger partial charge in [-0.2, -0.15) is 10.2 Å². The number of anilines is 3. The number of aliphatic hydroxyl groups is 3. The summed E-state index contributed by atoms with van der Waals surface area (Å²) in [6, 6.07) is 11.4. The predicted molar refractivity (Wildman–Crippen MR) is 149 cm³/mol. The lowest BCUT2D eigenvalue weighted by atomic mass is 10.2. The number of carbonyl (C=O) groups excluding carboxylic acids is 1. The van der Waals surface area contributed by atoms with Crippen LogP contribution in [-0.4, -0.2) is 81.5 Å². The van der Waals surface area contributed by atoms with Gasteiger partial charge in [0, 0.05) is 50.3 Å². The number of aromatic nitrogens is 6. The molecule has 0 aliphatic carbocycles. The molecule has 1 amide bonds. The third-order valence-corrected chi connectivity index (χ3v) is 6.89. The van der Waals surface area contributed by atoms with Crippen LogP contribution in [0.4, 0.5) is 17.2 Å². The maximum Gasteiger partial charge on any atom is 0.324 e. The van der Waals surface area contributed by atoms with E-state index in [2.05, 4.69) is 30.4 Å². The van der Waals surface area contributed by atoms with E-state index in [-0.39, 0.29) is 6.54 Å². The smallest absolute Gasteiger partial charge is 0.324 e. The number of nitrogens with one attached hydrogen (secondary N) is 1. The number of nitrogens with zero attached hydrogens (tertiary/aromatic N) is 8. The molecule has 0 saturated carbocycles. The lowest BCUT2D eigenvalue weighted by molar-refractivity contribution is -0.130. The standard InChI is InChI=1S/C27H27N9O5/c1-17-13-18(3-4-21(17)41-19-5-9-35-22(14-19)28-15-30-35)32-25-23-20(6-10-36(23)31-16-29-25)33-7-2-8-34(12-11-33)26(38)24(37)27(39)40/h3-6,9-10,13-16,37,39-40H,2,7-8,11-12H2,1H3,(H,29,31,32). The summed E-state index contributed by atoms with van der Waals surface area (Å²) in [7, 11) is 0. The average molecular weight is 558 g/mol. The van der Waals surface area contributed by atoms with Crippen LogP contribution in [0.2, 0.25) is 0 Å². The number of ether oxygens (including phenoxy) is 1. The molecule has 1 aromatic carbocycles. The average Bonchev–Trinajstić information content (AvgIpc) is 3.54. The van der Waals surface area contributed by atoms with Crippen molar-refractivity contribution in [1.29, 1.82) is 0 Å². The Kier molecular flexibility index (Phi) is 6.63. The van der Waals surface area contributed by atoms with Crippen molar-refractivity contribution < 1.29 is 24.9 Å². The van der Waals surface area contributed by atoms with E-state index in [4.69, 9.17) is 14.9 Å². The number of benzene rings is 1. The second kappa shape index (κ2) is 10.6. The molecule has 14 heteroatoms. The molecule has 1 saturated heterocycles. The first-order valence-corrected chi connectivity index (χ1v) is 12.9. The summed E-state index contributed by atoms with van der Waals surface area (Å²) in [5, 5.41) is 39.7. The van der Waals surface area contributed by atoms with Crippen molar-refractivity contribution in [3.05, 3.63) is 78.7 Å². The van der Waals surface area contributed by atoms with E-state index in [1.165, 1.54) is 17.6 Å². The molecule has 41 heavy (non-hydrogen) atoms. The van der Waals surface area contributed by atoms with Gasteiger partial charge in [0.2, 0.25) is 0 Å². The number of rotatable bonds is 6. The second-order valence-corrected chi connectivity index (χ2v) is 9.54. The van der Waals surface area contributed by atoms with Gasteiger partial charge in [0.15, 0.2) is 11.5 Å². The maximum absolute atomic E-state index is 12.4. The number of aliphatic hydroxyl groups excluding tert-OH is 2.